The highest BCUT2D eigenvalue weighted by Crippen LogP contribution is 2.42. The molecule has 0 saturated heterocycles. The molecule has 1 aliphatic heterocycles. The molecule has 36 heavy (non-hydrogen) atoms. The molecule has 2 amide bonds. The number of benzene rings is 2. The number of nitrogens with zero attached hydrogens (tertiary/aromatic N) is 3. The fourth-order valence-corrected chi connectivity index (χ4v) is 5.07. The fourth-order valence-electron chi connectivity index (χ4n) is 5.07. The lowest BCUT2D eigenvalue weighted by Crippen LogP contribution is -2.47. The maximum absolute atomic E-state index is 14.1. The van der Waals surface area contributed by atoms with Gasteiger partial charge in [-0.1, -0.05) is 81.5 Å². The van der Waals surface area contributed by atoms with E-state index in [-0.39, 0.29) is 24.4 Å². The molecule has 190 valence electrons. The van der Waals surface area contributed by atoms with E-state index in [0.717, 1.165) is 61.2 Å². The number of carbonyl (C=O) groups is 2. The SMILES string of the molecule is CCCCCCC(=O)N(CCCC)CC(=O)N1c2ccccc2-n2cccc2C1c1ccc(C)cc1. The zero-order valence-electron chi connectivity index (χ0n) is 22.0. The molecule has 1 aliphatic rings. The summed E-state index contributed by atoms with van der Waals surface area (Å²) in [5, 5.41) is 0. The summed E-state index contributed by atoms with van der Waals surface area (Å²) in [5.41, 5.74) is 5.16. The maximum atomic E-state index is 14.1. The summed E-state index contributed by atoms with van der Waals surface area (Å²) >= 11 is 0. The summed E-state index contributed by atoms with van der Waals surface area (Å²) in [7, 11) is 0. The third-order valence-corrected chi connectivity index (χ3v) is 7.09. The first-order chi connectivity index (χ1) is 17.5. The smallest absolute Gasteiger partial charge is 0.247 e. The molecule has 3 aromatic rings. The Hall–Kier alpha value is -3.34. The van der Waals surface area contributed by atoms with E-state index in [4.69, 9.17) is 0 Å². The third kappa shape index (κ3) is 5.56. The Balaban J connectivity index is 1.67. The van der Waals surface area contributed by atoms with Crippen LogP contribution in [0.5, 0.6) is 0 Å². The van der Waals surface area contributed by atoms with E-state index in [2.05, 4.69) is 67.9 Å². The Bertz CT molecular complexity index is 1160. The summed E-state index contributed by atoms with van der Waals surface area (Å²) in [6.07, 6.45) is 8.68. The molecule has 0 radical (unpaired) electrons. The summed E-state index contributed by atoms with van der Waals surface area (Å²) in [6, 6.07) is 20.3. The van der Waals surface area contributed by atoms with Crippen molar-refractivity contribution >= 4 is 17.5 Å². The molecule has 1 unspecified atom stereocenters. The number of aromatic nitrogens is 1. The lowest BCUT2D eigenvalue weighted by Gasteiger charge is -2.39. The van der Waals surface area contributed by atoms with E-state index in [1.165, 1.54) is 5.56 Å². The number of unbranched alkanes of at least 4 members (excludes halogenated alkanes) is 4. The van der Waals surface area contributed by atoms with Crippen molar-refractivity contribution in [2.24, 2.45) is 0 Å². The predicted molar refractivity (Wildman–Crippen MR) is 147 cm³/mol. The monoisotopic (exact) mass is 485 g/mol. The number of rotatable bonds is 11. The molecule has 5 heteroatoms. The summed E-state index contributed by atoms with van der Waals surface area (Å²) in [6.45, 7) is 7.09. The van der Waals surface area contributed by atoms with Crippen LogP contribution in [0.1, 0.15) is 81.7 Å². The van der Waals surface area contributed by atoms with Crippen LogP contribution in [0.15, 0.2) is 66.9 Å². The standard InChI is InChI=1S/C31H39N3O2/c1-4-6-8-9-16-29(35)32(21-7-5-2)23-30(36)34-27-14-11-10-13-26(27)33-22-12-15-28(33)31(34)25-19-17-24(3)18-20-25/h10-15,17-20,22,31H,4-9,16,21,23H2,1-3H3. The molecule has 0 N–H and O–H groups in total. The quantitative estimate of drug-likeness (QED) is 0.280. The van der Waals surface area contributed by atoms with Crippen LogP contribution in [0.25, 0.3) is 5.69 Å². The molecule has 0 fully saturated rings. The zero-order chi connectivity index (χ0) is 25.5. The van der Waals surface area contributed by atoms with Gasteiger partial charge in [0, 0.05) is 19.2 Å². The second kappa shape index (κ2) is 12.1. The van der Waals surface area contributed by atoms with E-state index >= 15 is 0 Å². The number of hydrogen-bond acceptors (Lipinski definition) is 2. The van der Waals surface area contributed by atoms with Crippen molar-refractivity contribution in [1.82, 2.24) is 9.47 Å². The Kier molecular flexibility index (Phi) is 8.63. The molecule has 0 bridgehead atoms. The number of carbonyl (C=O) groups excluding carboxylic acids is 2. The number of anilines is 1. The molecule has 2 heterocycles. The number of aryl methyl sites for hydroxylation is 1. The highest BCUT2D eigenvalue weighted by molar-refractivity contribution is 6.00. The van der Waals surface area contributed by atoms with Gasteiger partial charge < -0.3 is 9.47 Å². The van der Waals surface area contributed by atoms with Gasteiger partial charge in [-0.3, -0.25) is 14.5 Å². The summed E-state index contributed by atoms with van der Waals surface area (Å²) < 4.78 is 2.18. The van der Waals surface area contributed by atoms with Crippen LogP contribution in [0.3, 0.4) is 0 Å². The van der Waals surface area contributed by atoms with Gasteiger partial charge in [0.15, 0.2) is 0 Å². The van der Waals surface area contributed by atoms with Crippen LogP contribution in [0.4, 0.5) is 5.69 Å². The molecular formula is C31H39N3O2. The summed E-state index contributed by atoms with van der Waals surface area (Å²) in [5.74, 6) is 0.0481. The van der Waals surface area contributed by atoms with Crippen molar-refractivity contribution < 1.29 is 9.59 Å². The van der Waals surface area contributed by atoms with E-state index in [1.54, 1.807) is 4.90 Å². The third-order valence-electron chi connectivity index (χ3n) is 7.09. The Morgan fingerprint density at radius 2 is 1.56 bits per heavy atom. The normalized spacial score (nSPS) is 14.3. The molecular weight excluding hydrogens is 446 g/mol. The topological polar surface area (TPSA) is 45.6 Å². The average Bonchev–Trinajstić information content (AvgIpc) is 3.38. The Morgan fingerprint density at radius 1 is 0.833 bits per heavy atom. The lowest BCUT2D eigenvalue weighted by atomic mass is 9.97. The molecule has 2 aromatic carbocycles. The Labute approximate surface area is 215 Å². The molecule has 5 nitrogen and oxygen atoms in total. The van der Waals surface area contributed by atoms with Crippen molar-refractivity contribution in [2.75, 3.05) is 18.0 Å². The molecule has 0 aliphatic carbocycles. The first-order valence-electron chi connectivity index (χ1n) is 13.5. The molecule has 1 aromatic heterocycles. The molecule has 4 rings (SSSR count). The van der Waals surface area contributed by atoms with Crippen molar-refractivity contribution in [3.63, 3.8) is 0 Å². The second-order valence-electron chi connectivity index (χ2n) is 9.85. The van der Waals surface area contributed by atoms with Gasteiger partial charge in [-0.2, -0.15) is 0 Å². The number of amides is 2. The molecule has 0 spiro atoms. The number of fused-ring (bicyclic) bond motifs is 3. The molecule has 1 atom stereocenters. The fraction of sp³-hybridized carbons (Fsp3) is 0.419. The van der Waals surface area contributed by atoms with E-state index in [0.29, 0.717) is 13.0 Å². The van der Waals surface area contributed by atoms with E-state index in [1.807, 2.05) is 29.2 Å². The highest BCUT2D eigenvalue weighted by Gasteiger charge is 2.36. The van der Waals surface area contributed by atoms with Crippen molar-refractivity contribution in [2.45, 2.75) is 71.8 Å². The average molecular weight is 486 g/mol. The van der Waals surface area contributed by atoms with Gasteiger partial charge in [0.1, 0.15) is 12.6 Å². The minimum absolute atomic E-state index is 0.0431. The van der Waals surface area contributed by atoms with Crippen molar-refractivity contribution in [1.29, 1.82) is 0 Å². The van der Waals surface area contributed by atoms with Gasteiger partial charge in [-0.25, -0.2) is 0 Å². The van der Waals surface area contributed by atoms with E-state index < -0.39 is 0 Å². The number of hydrogen-bond donors (Lipinski definition) is 0. The van der Waals surface area contributed by atoms with Crippen molar-refractivity contribution in [3.05, 3.63) is 83.7 Å². The Morgan fingerprint density at radius 3 is 2.28 bits per heavy atom. The van der Waals surface area contributed by atoms with Crippen LogP contribution in [-0.4, -0.2) is 34.4 Å². The van der Waals surface area contributed by atoms with E-state index in [9.17, 15) is 9.59 Å². The van der Waals surface area contributed by atoms with Gasteiger partial charge in [-0.05, 0) is 49.6 Å². The van der Waals surface area contributed by atoms with Gasteiger partial charge in [0.25, 0.3) is 0 Å². The first-order valence-corrected chi connectivity index (χ1v) is 13.5. The van der Waals surface area contributed by atoms with Crippen LogP contribution in [0, 0.1) is 6.92 Å². The molecule has 0 saturated carbocycles. The van der Waals surface area contributed by atoms with Gasteiger partial charge in [-0.15, -0.1) is 0 Å². The van der Waals surface area contributed by atoms with Gasteiger partial charge in [0.05, 0.1) is 17.1 Å². The minimum atomic E-state index is -0.254. The second-order valence-corrected chi connectivity index (χ2v) is 9.85. The predicted octanol–water partition coefficient (Wildman–Crippen LogP) is 6.82. The van der Waals surface area contributed by atoms with Crippen LogP contribution in [-0.2, 0) is 9.59 Å². The van der Waals surface area contributed by atoms with Crippen LogP contribution in [0.2, 0.25) is 0 Å². The van der Waals surface area contributed by atoms with Gasteiger partial charge >= 0.3 is 0 Å². The van der Waals surface area contributed by atoms with Crippen LogP contribution < -0.4 is 4.90 Å². The first kappa shape index (κ1) is 25.7. The number of para-hydroxylation sites is 2. The summed E-state index contributed by atoms with van der Waals surface area (Å²) in [4.78, 5) is 31.0. The lowest BCUT2D eigenvalue weighted by molar-refractivity contribution is -0.135. The van der Waals surface area contributed by atoms with Gasteiger partial charge in [0.2, 0.25) is 11.8 Å². The largest absolute Gasteiger partial charge is 0.333 e. The highest BCUT2D eigenvalue weighted by atomic mass is 16.2. The maximum Gasteiger partial charge on any atom is 0.247 e. The minimum Gasteiger partial charge on any atom is -0.333 e. The van der Waals surface area contributed by atoms with Crippen LogP contribution >= 0.6 is 0 Å². The van der Waals surface area contributed by atoms with Crippen molar-refractivity contribution in [3.8, 4) is 5.69 Å². The zero-order valence-corrected chi connectivity index (χ0v) is 22.0.